The minimum absolute atomic E-state index is 0.296. The fourth-order valence-electron chi connectivity index (χ4n) is 1.79. The van der Waals surface area contributed by atoms with Gasteiger partial charge >= 0.3 is 0 Å². The molecule has 0 spiro atoms. The predicted octanol–water partition coefficient (Wildman–Crippen LogP) is 3.76. The Bertz CT molecular complexity index is 683. The van der Waals surface area contributed by atoms with Crippen LogP contribution in [0.3, 0.4) is 0 Å². The van der Waals surface area contributed by atoms with E-state index in [1.54, 1.807) is 12.1 Å². The Labute approximate surface area is 128 Å². The fraction of sp³-hybridized carbons (Fsp3) is 0.125. The molecule has 0 radical (unpaired) electrons. The zero-order chi connectivity index (χ0) is 15.2. The van der Waals surface area contributed by atoms with Gasteiger partial charge in [0, 0.05) is 5.69 Å². The largest absolute Gasteiger partial charge is 0.331 e. The van der Waals surface area contributed by atoms with Gasteiger partial charge in [-0.25, -0.2) is 4.39 Å². The number of hydrogen-bond donors (Lipinski definition) is 2. The van der Waals surface area contributed by atoms with Crippen LogP contribution in [0.4, 0.5) is 10.1 Å². The van der Waals surface area contributed by atoms with Gasteiger partial charge in [0.15, 0.2) is 5.11 Å². The summed E-state index contributed by atoms with van der Waals surface area (Å²) in [5.74, 6) is -0.296. The van der Waals surface area contributed by atoms with E-state index in [1.807, 2.05) is 32.0 Å². The number of hydrazone groups is 1. The lowest BCUT2D eigenvalue weighted by molar-refractivity contribution is 0.627. The van der Waals surface area contributed by atoms with Crippen molar-refractivity contribution in [3.63, 3.8) is 0 Å². The van der Waals surface area contributed by atoms with Gasteiger partial charge in [0.1, 0.15) is 5.82 Å². The van der Waals surface area contributed by atoms with E-state index < -0.39 is 0 Å². The molecule has 5 heteroatoms. The first-order chi connectivity index (χ1) is 10.1. The number of aryl methyl sites for hydroxylation is 1. The highest BCUT2D eigenvalue weighted by molar-refractivity contribution is 7.80. The summed E-state index contributed by atoms with van der Waals surface area (Å²) in [5.41, 5.74) is 6.64. The van der Waals surface area contributed by atoms with Crippen LogP contribution in [0.5, 0.6) is 0 Å². The van der Waals surface area contributed by atoms with E-state index in [9.17, 15) is 4.39 Å². The monoisotopic (exact) mass is 301 g/mol. The average molecular weight is 301 g/mol. The first-order valence-corrected chi connectivity index (χ1v) is 6.89. The molecule has 3 nitrogen and oxygen atoms in total. The highest BCUT2D eigenvalue weighted by Gasteiger charge is 2.01. The first kappa shape index (κ1) is 15.1. The molecule has 2 aromatic rings. The molecule has 108 valence electrons. The molecule has 0 aliphatic carbocycles. The second kappa shape index (κ2) is 6.95. The fourth-order valence-corrected chi connectivity index (χ4v) is 1.95. The smallest absolute Gasteiger partial charge is 0.191 e. The minimum atomic E-state index is -0.296. The molecule has 0 bridgehead atoms. The molecule has 0 aliphatic rings. The third-order valence-electron chi connectivity index (χ3n) is 3.08. The lowest BCUT2D eigenvalue weighted by Crippen LogP contribution is -2.24. The Balaban J connectivity index is 1.95. The first-order valence-electron chi connectivity index (χ1n) is 6.48. The number of benzene rings is 2. The normalized spacial score (nSPS) is 10.6. The van der Waals surface area contributed by atoms with Crippen LogP contribution in [-0.4, -0.2) is 11.3 Å². The van der Waals surface area contributed by atoms with E-state index in [-0.39, 0.29) is 5.82 Å². The number of thiocarbonyl (C=S) groups is 1. The van der Waals surface area contributed by atoms with Gasteiger partial charge in [0.05, 0.1) is 6.21 Å². The van der Waals surface area contributed by atoms with Crippen LogP contribution in [0.1, 0.15) is 16.7 Å². The summed E-state index contributed by atoms with van der Waals surface area (Å²) in [5, 5.41) is 7.45. The molecule has 0 heterocycles. The highest BCUT2D eigenvalue weighted by atomic mass is 32.1. The summed E-state index contributed by atoms with van der Waals surface area (Å²) in [7, 11) is 0. The Hall–Kier alpha value is -2.27. The predicted molar refractivity (Wildman–Crippen MR) is 89.3 cm³/mol. The zero-order valence-corrected chi connectivity index (χ0v) is 12.7. The minimum Gasteiger partial charge on any atom is -0.331 e. The molecule has 2 rings (SSSR count). The van der Waals surface area contributed by atoms with Gasteiger partial charge < -0.3 is 5.32 Å². The second-order valence-corrected chi connectivity index (χ2v) is 5.03. The van der Waals surface area contributed by atoms with E-state index in [1.165, 1.54) is 23.9 Å². The molecular weight excluding hydrogens is 285 g/mol. The van der Waals surface area contributed by atoms with Gasteiger partial charge in [-0.05, 0) is 61.0 Å². The number of rotatable bonds is 3. The molecule has 2 aromatic carbocycles. The van der Waals surface area contributed by atoms with Crippen molar-refractivity contribution >= 4 is 29.2 Å². The highest BCUT2D eigenvalue weighted by Crippen LogP contribution is 2.17. The standard InChI is InChI=1S/C16H16FN3S/c1-11-5-3-8-15(12(11)2)19-16(21)20-18-10-13-6-4-7-14(17)9-13/h3-10H,1-2H3,(H2,19,20,21). The molecule has 0 saturated heterocycles. The number of nitrogens with one attached hydrogen (secondary N) is 2. The molecule has 0 atom stereocenters. The van der Waals surface area contributed by atoms with Crippen molar-refractivity contribution in [3.8, 4) is 0 Å². The summed E-state index contributed by atoms with van der Waals surface area (Å²) in [6, 6.07) is 12.1. The zero-order valence-electron chi connectivity index (χ0n) is 11.9. The molecule has 2 N–H and O–H groups in total. The van der Waals surface area contributed by atoms with Crippen molar-refractivity contribution in [1.29, 1.82) is 0 Å². The third-order valence-corrected chi connectivity index (χ3v) is 3.27. The maximum Gasteiger partial charge on any atom is 0.191 e. The van der Waals surface area contributed by atoms with Crippen LogP contribution in [0.2, 0.25) is 0 Å². The Morgan fingerprint density at radius 3 is 2.71 bits per heavy atom. The summed E-state index contributed by atoms with van der Waals surface area (Å²) >= 11 is 5.17. The average Bonchev–Trinajstić information content (AvgIpc) is 2.44. The molecule has 0 aromatic heterocycles. The maximum atomic E-state index is 13.0. The van der Waals surface area contributed by atoms with E-state index in [4.69, 9.17) is 12.2 Å². The van der Waals surface area contributed by atoms with Gasteiger partial charge in [0.25, 0.3) is 0 Å². The van der Waals surface area contributed by atoms with Gasteiger partial charge in [-0.1, -0.05) is 24.3 Å². The topological polar surface area (TPSA) is 36.4 Å². The molecule has 0 unspecified atom stereocenters. The number of halogens is 1. The molecule has 21 heavy (non-hydrogen) atoms. The van der Waals surface area contributed by atoms with Gasteiger partial charge in [-0.15, -0.1) is 0 Å². The van der Waals surface area contributed by atoms with Crippen molar-refractivity contribution in [2.75, 3.05) is 5.32 Å². The molecule has 0 fully saturated rings. The summed E-state index contributed by atoms with van der Waals surface area (Å²) in [4.78, 5) is 0. The van der Waals surface area contributed by atoms with Crippen LogP contribution in [-0.2, 0) is 0 Å². The van der Waals surface area contributed by atoms with Gasteiger partial charge in [-0.2, -0.15) is 5.10 Å². The Morgan fingerprint density at radius 1 is 1.19 bits per heavy atom. The molecule has 0 saturated carbocycles. The van der Waals surface area contributed by atoms with E-state index >= 15 is 0 Å². The summed E-state index contributed by atoms with van der Waals surface area (Å²) in [6.45, 7) is 4.06. The third kappa shape index (κ3) is 4.36. The van der Waals surface area contributed by atoms with Crippen molar-refractivity contribution < 1.29 is 4.39 Å². The summed E-state index contributed by atoms with van der Waals surface area (Å²) < 4.78 is 13.0. The lowest BCUT2D eigenvalue weighted by Gasteiger charge is -2.11. The quantitative estimate of drug-likeness (QED) is 0.515. The molecule has 0 amide bonds. The number of nitrogens with zero attached hydrogens (tertiary/aromatic N) is 1. The van der Waals surface area contributed by atoms with E-state index in [0.29, 0.717) is 10.7 Å². The van der Waals surface area contributed by atoms with Crippen LogP contribution in [0, 0.1) is 19.7 Å². The maximum absolute atomic E-state index is 13.0. The van der Waals surface area contributed by atoms with Crippen LogP contribution < -0.4 is 10.7 Å². The van der Waals surface area contributed by atoms with Gasteiger partial charge in [0.2, 0.25) is 0 Å². The van der Waals surface area contributed by atoms with Crippen molar-refractivity contribution in [2.45, 2.75) is 13.8 Å². The lowest BCUT2D eigenvalue weighted by atomic mass is 10.1. The van der Waals surface area contributed by atoms with Crippen molar-refractivity contribution in [2.24, 2.45) is 5.10 Å². The van der Waals surface area contributed by atoms with E-state index in [2.05, 4.69) is 15.8 Å². The Morgan fingerprint density at radius 2 is 1.95 bits per heavy atom. The van der Waals surface area contributed by atoms with Crippen molar-refractivity contribution in [3.05, 3.63) is 65.0 Å². The SMILES string of the molecule is Cc1cccc(NC(=S)NN=Cc2cccc(F)c2)c1C. The molecule has 0 aliphatic heterocycles. The number of hydrogen-bond acceptors (Lipinski definition) is 2. The van der Waals surface area contributed by atoms with Crippen LogP contribution in [0.25, 0.3) is 0 Å². The van der Waals surface area contributed by atoms with E-state index in [0.717, 1.165) is 11.3 Å². The van der Waals surface area contributed by atoms with Crippen LogP contribution >= 0.6 is 12.2 Å². The number of anilines is 1. The van der Waals surface area contributed by atoms with Crippen LogP contribution in [0.15, 0.2) is 47.6 Å². The van der Waals surface area contributed by atoms with Gasteiger partial charge in [-0.3, -0.25) is 5.43 Å². The van der Waals surface area contributed by atoms with Crippen molar-refractivity contribution in [1.82, 2.24) is 5.43 Å². The Kier molecular flexibility index (Phi) is 5.00. The molecular formula is C16H16FN3S. The second-order valence-electron chi connectivity index (χ2n) is 4.63. The summed E-state index contributed by atoms with van der Waals surface area (Å²) in [6.07, 6.45) is 1.51.